The maximum Gasteiger partial charge on any atom is 0.262 e. The van der Waals surface area contributed by atoms with Crippen molar-refractivity contribution in [1.29, 1.82) is 0 Å². The third-order valence-corrected chi connectivity index (χ3v) is 7.92. The molecule has 198 valence electrons. The van der Waals surface area contributed by atoms with Gasteiger partial charge in [-0.05, 0) is 48.9 Å². The van der Waals surface area contributed by atoms with Crippen LogP contribution >= 0.6 is 11.8 Å². The Kier molecular flexibility index (Phi) is 8.00. The molecule has 9 nitrogen and oxygen atoms in total. The Labute approximate surface area is 226 Å². The molecule has 0 unspecified atom stereocenters. The Morgan fingerprint density at radius 1 is 0.789 bits per heavy atom. The summed E-state index contributed by atoms with van der Waals surface area (Å²) in [5.41, 5.74) is 4.55. The second-order valence-electron chi connectivity index (χ2n) is 8.44. The normalized spacial score (nSPS) is 12.4. The van der Waals surface area contributed by atoms with Crippen molar-refractivity contribution in [1.82, 2.24) is 0 Å². The summed E-state index contributed by atoms with van der Waals surface area (Å²) in [5, 5.41) is 0. The summed E-state index contributed by atoms with van der Waals surface area (Å²) in [6, 6.07) is 24.3. The van der Waals surface area contributed by atoms with Gasteiger partial charge in [0.15, 0.2) is 11.4 Å². The van der Waals surface area contributed by atoms with Crippen LogP contribution in [-0.2, 0) is 10.0 Å². The van der Waals surface area contributed by atoms with E-state index in [1.54, 1.807) is 48.2 Å². The zero-order chi connectivity index (χ0) is 27.7. The van der Waals surface area contributed by atoms with E-state index in [9.17, 15) is 8.42 Å². The summed E-state index contributed by atoms with van der Waals surface area (Å²) in [7, 11) is -8.72. The number of aromatic nitrogens is 1. The van der Waals surface area contributed by atoms with E-state index in [0.717, 1.165) is 32.6 Å². The fraction of sp³-hybridized carbons (Fsp3) is 0.115. The van der Waals surface area contributed by atoms with Gasteiger partial charge in [-0.25, -0.2) is 27.1 Å². The van der Waals surface area contributed by atoms with Crippen molar-refractivity contribution in [3.8, 4) is 17.2 Å². The van der Waals surface area contributed by atoms with Crippen LogP contribution in [0.5, 0.6) is 11.5 Å². The first-order chi connectivity index (χ1) is 17.8. The van der Waals surface area contributed by atoms with E-state index >= 15 is 0 Å². The van der Waals surface area contributed by atoms with Crippen molar-refractivity contribution in [2.75, 3.05) is 4.72 Å². The molecule has 3 aromatic carbocycles. The molecular formula is C26H23ClN2O7S2. The van der Waals surface area contributed by atoms with Crippen LogP contribution in [0.15, 0.2) is 93.5 Å². The van der Waals surface area contributed by atoms with E-state index in [1.165, 1.54) is 5.56 Å². The van der Waals surface area contributed by atoms with Crippen molar-refractivity contribution in [3.63, 3.8) is 0 Å². The molecule has 38 heavy (non-hydrogen) atoms. The Morgan fingerprint density at radius 3 is 2.11 bits per heavy atom. The standard InChI is InChI=1S/C26H23N2O3S2.ClHO4/c1-17-13-18(2)28(19(3)14-17)21-7-6-8-22(16-21)33(29,30)27-20-11-12-24-26(15-20)32-25-10-5-4-9-23(25)31-24;2-1(3,4)5/h4-16,27H,1-3H3;(H,2,3,4,5)/q+1;/p-1. The monoisotopic (exact) mass is 574 g/mol. The molecule has 0 saturated carbocycles. The lowest BCUT2D eigenvalue weighted by atomic mass is 10.2. The quantitative estimate of drug-likeness (QED) is 0.314. The largest absolute Gasteiger partial charge is 0.455 e. The molecule has 0 spiro atoms. The van der Waals surface area contributed by atoms with Crippen LogP contribution in [0.25, 0.3) is 5.69 Å². The molecule has 0 saturated heterocycles. The zero-order valence-corrected chi connectivity index (χ0v) is 22.9. The third kappa shape index (κ3) is 6.83. The van der Waals surface area contributed by atoms with Gasteiger partial charge in [0.05, 0.1) is 20.4 Å². The highest BCUT2D eigenvalue weighted by molar-refractivity contribution is 7.99. The lowest BCUT2D eigenvalue weighted by Crippen LogP contribution is -2.68. The molecule has 0 aliphatic carbocycles. The number of halogens is 1. The number of nitrogens with one attached hydrogen (secondary N) is 1. The first-order valence-electron chi connectivity index (χ1n) is 11.1. The van der Waals surface area contributed by atoms with Gasteiger partial charge >= 0.3 is 0 Å². The molecule has 0 bridgehead atoms. The van der Waals surface area contributed by atoms with E-state index in [1.807, 2.05) is 44.2 Å². The number of pyridine rings is 1. The number of anilines is 1. The molecule has 1 aliphatic rings. The number of aryl methyl sites for hydroxylation is 3. The van der Waals surface area contributed by atoms with Gasteiger partial charge in [0.2, 0.25) is 5.69 Å². The number of para-hydroxylation sites is 1. The third-order valence-electron chi connectivity index (χ3n) is 5.45. The van der Waals surface area contributed by atoms with E-state index < -0.39 is 20.3 Å². The fourth-order valence-electron chi connectivity index (χ4n) is 4.11. The molecule has 4 aromatic rings. The lowest BCUT2D eigenvalue weighted by Gasteiger charge is -2.20. The topological polar surface area (TPSA) is 152 Å². The predicted octanol–water partition coefficient (Wildman–Crippen LogP) is 1.19. The number of sulfonamides is 1. The predicted molar refractivity (Wildman–Crippen MR) is 130 cm³/mol. The summed E-state index contributed by atoms with van der Waals surface area (Å²) in [6.07, 6.45) is 0. The van der Waals surface area contributed by atoms with Gasteiger partial charge in [-0.2, -0.15) is 4.57 Å². The van der Waals surface area contributed by atoms with Gasteiger partial charge in [0.1, 0.15) is 11.5 Å². The number of fused-ring (bicyclic) bond motifs is 2. The van der Waals surface area contributed by atoms with Crippen LogP contribution in [0.4, 0.5) is 5.69 Å². The van der Waals surface area contributed by atoms with Gasteiger partial charge in [-0.15, -0.1) is 10.2 Å². The maximum atomic E-state index is 13.2. The second-order valence-corrected chi connectivity index (χ2v) is 12.0. The van der Waals surface area contributed by atoms with Crippen molar-refractivity contribution < 1.29 is 46.6 Å². The van der Waals surface area contributed by atoms with Crippen molar-refractivity contribution in [2.45, 2.75) is 35.5 Å². The fourth-order valence-corrected chi connectivity index (χ4v) is 6.19. The first-order valence-corrected chi connectivity index (χ1v) is 14.7. The Bertz CT molecular complexity index is 1580. The second kappa shape index (κ2) is 10.9. The summed E-state index contributed by atoms with van der Waals surface area (Å²) in [6.45, 7) is 6.09. The van der Waals surface area contributed by atoms with Crippen molar-refractivity contribution >= 4 is 27.5 Å². The van der Waals surface area contributed by atoms with Crippen LogP contribution in [-0.4, -0.2) is 8.42 Å². The Morgan fingerprint density at radius 2 is 1.42 bits per heavy atom. The molecule has 12 heteroatoms. The number of ether oxygens (including phenoxy) is 1. The summed E-state index contributed by atoms with van der Waals surface area (Å²) >= 11 is 1.56. The minimum atomic E-state index is -4.94. The summed E-state index contributed by atoms with van der Waals surface area (Å²) in [5.74, 6) is 1.52. The Balaban J connectivity index is 0.000000617. The average molecular weight is 575 g/mol. The van der Waals surface area contributed by atoms with Crippen LogP contribution in [0, 0.1) is 31.0 Å². The van der Waals surface area contributed by atoms with E-state index in [-0.39, 0.29) is 4.90 Å². The molecule has 1 aromatic heterocycles. The number of hydrogen-bond acceptors (Lipinski definition) is 8. The summed E-state index contributed by atoms with van der Waals surface area (Å²) in [4.78, 5) is 2.07. The van der Waals surface area contributed by atoms with Gasteiger partial charge in [-0.1, -0.05) is 30.0 Å². The van der Waals surface area contributed by atoms with Crippen LogP contribution < -0.4 is 32.7 Å². The zero-order valence-electron chi connectivity index (χ0n) is 20.5. The van der Waals surface area contributed by atoms with Crippen molar-refractivity contribution in [3.05, 3.63) is 95.8 Å². The molecule has 5 rings (SSSR count). The maximum absolute atomic E-state index is 13.2. The Hall–Kier alpha value is -3.16. The van der Waals surface area contributed by atoms with Crippen LogP contribution in [0.2, 0.25) is 0 Å². The molecule has 1 aliphatic heterocycles. The SMILES string of the molecule is Cc1cc(C)[n+](-c2cccc(S(=O)(=O)Nc3ccc4c(c3)Sc3ccccc3O4)c2)c(C)c1.[O-][Cl+3]([O-])([O-])[O-]. The van der Waals surface area contributed by atoms with Crippen LogP contribution in [0.1, 0.15) is 17.0 Å². The van der Waals surface area contributed by atoms with E-state index in [4.69, 9.17) is 23.4 Å². The number of nitrogens with zero attached hydrogens (tertiary/aromatic N) is 1. The lowest BCUT2D eigenvalue weighted by molar-refractivity contribution is -2.00. The van der Waals surface area contributed by atoms with E-state index in [0.29, 0.717) is 11.4 Å². The minimum absolute atomic E-state index is 0.207. The van der Waals surface area contributed by atoms with Gasteiger partial charge in [0, 0.05) is 38.1 Å². The van der Waals surface area contributed by atoms with Crippen molar-refractivity contribution in [2.24, 2.45) is 0 Å². The molecule has 2 heterocycles. The molecule has 0 radical (unpaired) electrons. The first kappa shape index (κ1) is 27.9. The molecule has 1 N–H and O–H groups in total. The smallest absolute Gasteiger partial charge is 0.262 e. The summed E-state index contributed by atoms with van der Waals surface area (Å²) < 4.78 is 71.1. The molecular weight excluding hydrogens is 552 g/mol. The minimum Gasteiger partial charge on any atom is -0.455 e. The average Bonchev–Trinajstić information content (AvgIpc) is 2.81. The number of hydrogen-bond donors (Lipinski definition) is 1. The molecule has 0 amide bonds. The van der Waals surface area contributed by atoms with Gasteiger partial charge in [-0.3, -0.25) is 4.72 Å². The number of rotatable bonds is 4. The highest BCUT2D eigenvalue weighted by atomic mass is 35.7. The van der Waals surface area contributed by atoms with E-state index in [2.05, 4.69) is 28.3 Å². The highest BCUT2D eigenvalue weighted by Crippen LogP contribution is 2.47. The highest BCUT2D eigenvalue weighted by Gasteiger charge is 2.22. The van der Waals surface area contributed by atoms with Crippen LogP contribution in [0.3, 0.4) is 0 Å². The van der Waals surface area contributed by atoms with Gasteiger partial charge in [0.25, 0.3) is 10.0 Å². The molecule has 0 atom stereocenters. The van der Waals surface area contributed by atoms with Gasteiger partial charge < -0.3 is 4.74 Å². The molecule has 0 fully saturated rings. The number of benzene rings is 3.